The lowest BCUT2D eigenvalue weighted by molar-refractivity contribution is 0.102. The number of halogens is 2. The van der Waals surface area contributed by atoms with E-state index in [0.717, 1.165) is 0 Å². The normalized spacial score (nSPS) is 15.9. The van der Waals surface area contributed by atoms with Crippen molar-refractivity contribution < 1.29 is 9.90 Å². The highest BCUT2D eigenvalue weighted by Gasteiger charge is 2.21. The first-order valence-electron chi connectivity index (χ1n) is 6.47. The van der Waals surface area contributed by atoms with E-state index in [9.17, 15) is 9.90 Å². The fraction of sp³-hybridized carbons (Fsp3) is 0.133. The number of Topliss-reactive ketones (excluding diaryl/α,β-unsaturated/α-hetero) is 1. The predicted octanol–water partition coefficient (Wildman–Crippen LogP) is 3.50. The molecule has 0 amide bonds. The molecule has 1 aromatic heterocycles. The third-order valence-electron chi connectivity index (χ3n) is 2.91. The van der Waals surface area contributed by atoms with Gasteiger partial charge < -0.3 is 15.8 Å². The highest BCUT2D eigenvalue weighted by molar-refractivity contribution is 9.11. The summed E-state index contributed by atoms with van der Waals surface area (Å²) in [6.07, 6.45) is 6.85. The molecule has 0 aliphatic heterocycles. The van der Waals surface area contributed by atoms with Gasteiger partial charge in [-0.05, 0) is 50.9 Å². The van der Waals surface area contributed by atoms with Crippen LogP contribution in [0.1, 0.15) is 17.4 Å². The SMILES string of the molecule is CCN/C(C(=O)c1cc(Br)c(O)c(Br)n1)=C1/C=CC=CC1=N. The highest BCUT2D eigenvalue weighted by Crippen LogP contribution is 2.31. The van der Waals surface area contributed by atoms with Crippen LogP contribution >= 0.6 is 31.9 Å². The molecule has 0 bridgehead atoms. The molecule has 1 aliphatic rings. The minimum Gasteiger partial charge on any atom is -0.504 e. The summed E-state index contributed by atoms with van der Waals surface area (Å²) in [6.45, 7) is 2.41. The third kappa shape index (κ3) is 3.36. The number of carbonyl (C=O) groups is 1. The average Bonchev–Trinajstić information content (AvgIpc) is 2.50. The summed E-state index contributed by atoms with van der Waals surface area (Å²) in [5.74, 6) is -0.412. The Kier molecular flexibility index (Phi) is 5.31. The molecule has 0 atom stereocenters. The molecule has 2 rings (SSSR count). The Morgan fingerprint density at radius 2 is 2.05 bits per heavy atom. The third-order valence-corrected chi connectivity index (χ3v) is 4.07. The quantitative estimate of drug-likeness (QED) is 0.390. The van der Waals surface area contributed by atoms with Crippen molar-refractivity contribution in [3.8, 4) is 5.75 Å². The number of rotatable bonds is 4. The first-order valence-corrected chi connectivity index (χ1v) is 8.05. The van der Waals surface area contributed by atoms with E-state index >= 15 is 0 Å². The molecule has 0 spiro atoms. The van der Waals surface area contributed by atoms with Gasteiger partial charge in [-0.25, -0.2) is 4.98 Å². The number of allylic oxidation sites excluding steroid dienone is 6. The molecule has 1 heterocycles. The molecule has 0 fully saturated rings. The number of aromatic hydroxyl groups is 1. The van der Waals surface area contributed by atoms with Crippen molar-refractivity contribution >= 4 is 43.4 Å². The Labute approximate surface area is 144 Å². The molecule has 22 heavy (non-hydrogen) atoms. The molecule has 0 saturated heterocycles. The van der Waals surface area contributed by atoms with Crippen LogP contribution in [0.2, 0.25) is 0 Å². The van der Waals surface area contributed by atoms with Crippen LogP contribution in [-0.4, -0.2) is 28.1 Å². The minimum atomic E-state index is -0.344. The number of hydrogen-bond donors (Lipinski definition) is 3. The van der Waals surface area contributed by atoms with Crippen molar-refractivity contribution in [1.82, 2.24) is 10.3 Å². The fourth-order valence-corrected chi connectivity index (χ4v) is 2.97. The number of hydrogen-bond acceptors (Lipinski definition) is 5. The van der Waals surface area contributed by atoms with Crippen LogP contribution in [0.15, 0.2) is 50.7 Å². The minimum absolute atomic E-state index is 0.0672. The highest BCUT2D eigenvalue weighted by atomic mass is 79.9. The van der Waals surface area contributed by atoms with E-state index in [-0.39, 0.29) is 27.5 Å². The van der Waals surface area contributed by atoms with Gasteiger partial charge in [0.25, 0.3) is 0 Å². The van der Waals surface area contributed by atoms with E-state index in [0.29, 0.717) is 22.3 Å². The average molecular weight is 427 g/mol. The van der Waals surface area contributed by atoms with Gasteiger partial charge in [0, 0.05) is 12.1 Å². The lowest BCUT2D eigenvalue weighted by Crippen LogP contribution is -2.25. The lowest BCUT2D eigenvalue weighted by atomic mass is 9.99. The number of nitrogens with zero attached hydrogens (tertiary/aromatic N) is 1. The van der Waals surface area contributed by atoms with Gasteiger partial charge >= 0.3 is 0 Å². The standard InChI is InChI=1S/C15H13Br2N3O2/c1-2-19-12(8-5-3-4-6-10(8)18)14(22)11-7-9(16)13(21)15(17)20-11/h3-7,18-19,21H,2H2,1H3/b12-8-,18-10?. The largest absolute Gasteiger partial charge is 0.504 e. The molecule has 1 aromatic rings. The van der Waals surface area contributed by atoms with Crippen molar-refractivity contribution in [2.24, 2.45) is 0 Å². The molecule has 0 saturated carbocycles. The van der Waals surface area contributed by atoms with Gasteiger partial charge in [0.2, 0.25) is 5.78 Å². The maximum atomic E-state index is 12.7. The fourth-order valence-electron chi connectivity index (χ4n) is 1.90. The summed E-state index contributed by atoms with van der Waals surface area (Å²) in [6, 6.07) is 1.45. The molecular weight excluding hydrogens is 414 g/mol. The van der Waals surface area contributed by atoms with Gasteiger partial charge in [-0.15, -0.1) is 0 Å². The maximum absolute atomic E-state index is 12.7. The van der Waals surface area contributed by atoms with Gasteiger partial charge in [0.05, 0.1) is 15.9 Å². The predicted molar refractivity (Wildman–Crippen MR) is 92.3 cm³/mol. The first kappa shape index (κ1) is 16.6. The second-order valence-corrected chi connectivity index (χ2v) is 6.01. The lowest BCUT2D eigenvalue weighted by Gasteiger charge is -2.14. The molecule has 0 radical (unpaired) electrons. The zero-order chi connectivity index (χ0) is 16.3. The van der Waals surface area contributed by atoms with E-state index in [1.807, 2.05) is 6.92 Å². The van der Waals surface area contributed by atoms with E-state index in [1.54, 1.807) is 24.3 Å². The summed E-state index contributed by atoms with van der Waals surface area (Å²) in [7, 11) is 0. The van der Waals surface area contributed by atoms with Crippen LogP contribution in [0.25, 0.3) is 0 Å². The van der Waals surface area contributed by atoms with Gasteiger partial charge in [0.1, 0.15) is 10.3 Å². The Morgan fingerprint density at radius 1 is 1.36 bits per heavy atom. The summed E-state index contributed by atoms with van der Waals surface area (Å²) in [4.78, 5) is 16.8. The van der Waals surface area contributed by atoms with Crippen molar-refractivity contribution in [2.75, 3.05) is 6.54 Å². The number of ketones is 1. The van der Waals surface area contributed by atoms with Crippen LogP contribution in [0.3, 0.4) is 0 Å². The van der Waals surface area contributed by atoms with Gasteiger partial charge in [-0.1, -0.05) is 18.2 Å². The molecule has 7 heteroatoms. The molecule has 5 nitrogen and oxygen atoms in total. The van der Waals surface area contributed by atoms with Crippen molar-refractivity contribution in [1.29, 1.82) is 5.41 Å². The first-order chi connectivity index (χ1) is 10.5. The number of carbonyl (C=O) groups excluding carboxylic acids is 1. The summed E-state index contributed by atoms with van der Waals surface area (Å²) >= 11 is 6.30. The Balaban J connectivity index is 2.52. The molecule has 0 unspecified atom stereocenters. The zero-order valence-corrected chi connectivity index (χ0v) is 14.8. The van der Waals surface area contributed by atoms with Crippen molar-refractivity contribution in [3.05, 3.63) is 56.4 Å². The number of aromatic nitrogens is 1. The van der Waals surface area contributed by atoms with Crippen LogP contribution in [0.5, 0.6) is 5.75 Å². The molecule has 0 aromatic carbocycles. The number of likely N-dealkylation sites (N-methyl/N-ethyl adjacent to an activating group) is 1. The molecule has 1 aliphatic carbocycles. The number of nitrogens with one attached hydrogen (secondary N) is 2. The van der Waals surface area contributed by atoms with Crippen LogP contribution in [0.4, 0.5) is 0 Å². The smallest absolute Gasteiger partial charge is 0.227 e. The van der Waals surface area contributed by atoms with E-state index in [2.05, 4.69) is 42.2 Å². The maximum Gasteiger partial charge on any atom is 0.227 e. The van der Waals surface area contributed by atoms with Gasteiger partial charge in [-0.3, -0.25) is 4.79 Å². The van der Waals surface area contributed by atoms with E-state index in [1.165, 1.54) is 6.07 Å². The van der Waals surface area contributed by atoms with Crippen molar-refractivity contribution in [3.63, 3.8) is 0 Å². The Morgan fingerprint density at radius 3 is 2.64 bits per heavy atom. The Hall–Kier alpha value is -1.73. The summed E-state index contributed by atoms with van der Waals surface area (Å²) in [5.41, 5.74) is 1.24. The van der Waals surface area contributed by atoms with Crippen LogP contribution < -0.4 is 5.32 Å². The second kappa shape index (κ2) is 7.02. The van der Waals surface area contributed by atoms with Gasteiger partial charge in [-0.2, -0.15) is 0 Å². The van der Waals surface area contributed by atoms with E-state index in [4.69, 9.17) is 5.41 Å². The second-order valence-electron chi connectivity index (χ2n) is 4.41. The molecule has 3 N–H and O–H groups in total. The summed E-state index contributed by atoms with van der Waals surface area (Å²) in [5, 5.41) is 20.7. The monoisotopic (exact) mass is 425 g/mol. The van der Waals surface area contributed by atoms with Crippen LogP contribution in [-0.2, 0) is 0 Å². The van der Waals surface area contributed by atoms with E-state index < -0.39 is 0 Å². The number of pyridine rings is 1. The zero-order valence-electron chi connectivity index (χ0n) is 11.7. The van der Waals surface area contributed by atoms with Gasteiger partial charge in [0.15, 0.2) is 5.75 Å². The molecule has 114 valence electrons. The Bertz CT molecular complexity index is 713. The van der Waals surface area contributed by atoms with Crippen molar-refractivity contribution in [2.45, 2.75) is 6.92 Å². The topological polar surface area (TPSA) is 86.1 Å². The summed E-state index contributed by atoms with van der Waals surface area (Å²) < 4.78 is 0.549. The van der Waals surface area contributed by atoms with Crippen LogP contribution in [0, 0.1) is 5.41 Å². The molecular formula is C15H13Br2N3O2.